The molecule has 20 heavy (non-hydrogen) atoms. The number of fused-ring (bicyclic) bond motifs is 1. The summed E-state index contributed by atoms with van der Waals surface area (Å²) in [6.07, 6.45) is 6.45. The third-order valence-corrected chi connectivity index (χ3v) is 5.35. The van der Waals surface area contributed by atoms with E-state index in [0.29, 0.717) is 12.0 Å². The number of hydrogen-bond acceptors (Lipinski definition) is 4. The molecule has 0 aromatic carbocycles. The molecule has 2 aromatic heterocycles. The fourth-order valence-corrected chi connectivity index (χ4v) is 4.29. The van der Waals surface area contributed by atoms with Crippen molar-refractivity contribution in [2.24, 2.45) is 0 Å². The Hall–Kier alpha value is -1.20. The fourth-order valence-electron chi connectivity index (χ4n) is 3.29. The second-order valence-electron chi connectivity index (χ2n) is 5.39. The van der Waals surface area contributed by atoms with Crippen LogP contribution in [0.5, 0.6) is 0 Å². The van der Waals surface area contributed by atoms with E-state index >= 15 is 0 Å². The molecular formula is C15H22N4S. The Kier molecular flexibility index (Phi) is 4.17. The molecule has 0 fully saturated rings. The summed E-state index contributed by atoms with van der Waals surface area (Å²) < 4.78 is 2.00. The van der Waals surface area contributed by atoms with Gasteiger partial charge in [0.2, 0.25) is 0 Å². The molecule has 1 N–H and O–H groups in total. The van der Waals surface area contributed by atoms with Crippen LogP contribution in [0.15, 0.2) is 17.8 Å². The van der Waals surface area contributed by atoms with Crippen LogP contribution in [0.2, 0.25) is 0 Å². The van der Waals surface area contributed by atoms with E-state index < -0.39 is 0 Å². The van der Waals surface area contributed by atoms with Gasteiger partial charge >= 0.3 is 0 Å². The van der Waals surface area contributed by atoms with E-state index in [-0.39, 0.29) is 0 Å². The molecule has 0 bridgehead atoms. The lowest BCUT2D eigenvalue weighted by Crippen LogP contribution is -2.36. The fraction of sp³-hybridized carbons (Fsp3) is 0.600. The molecule has 2 heterocycles. The molecule has 4 nitrogen and oxygen atoms in total. The monoisotopic (exact) mass is 290 g/mol. The highest BCUT2D eigenvalue weighted by molar-refractivity contribution is 7.10. The van der Waals surface area contributed by atoms with E-state index in [1.807, 2.05) is 16.0 Å². The first kappa shape index (κ1) is 13.8. The minimum absolute atomic E-state index is 0.443. The SMILES string of the molecule is CCn1ncnc1CC(NC)C1CCCc2sccc21. The van der Waals surface area contributed by atoms with E-state index in [1.54, 1.807) is 16.8 Å². The van der Waals surface area contributed by atoms with Crippen LogP contribution in [-0.4, -0.2) is 27.9 Å². The maximum absolute atomic E-state index is 4.43. The molecule has 1 aliphatic rings. The van der Waals surface area contributed by atoms with Crippen molar-refractivity contribution >= 4 is 11.3 Å². The van der Waals surface area contributed by atoms with Crippen LogP contribution in [0, 0.1) is 0 Å². The average molecular weight is 290 g/mol. The van der Waals surface area contributed by atoms with Crippen LogP contribution in [0.3, 0.4) is 0 Å². The van der Waals surface area contributed by atoms with E-state index in [2.05, 4.69) is 40.8 Å². The normalized spacial score (nSPS) is 19.8. The van der Waals surface area contributed by atoms with Crippen LogP contribution >= 0.6 is 11.3 Å². The highest BCUT2D eigenvalue weighted by Gasteiger charge is 2.28. The van der Waals surface area contributed by atoms with Crippen molar-refractivity contribution in [1.82, 2.24) is 20.1 Å². The lowest BCUT2D eigenvalue weighted by molar-refractivity contribution is 0.401. The predicted octanol–water partition coefficient (Wildman–Crippen LogP) is 2.61. The van der Waals surface area contributed by atoms with Gasteiger partial charge in [-0.25, -0.2) is 4.98 Å². The molecule has 0 radical (unpaired) electrons. The Balaban J connectivity index is 1.81. The van der Waals surface area contributed by atoms with Gasteiger partial charge in [-0.1, -0.05) is 0 Å². The number of hydrogen-bond donors (Lipinski definition) is 1. The smallest absolute Gasteiger partial charge is 0.138 e. The quantitative estimate of drug-likeness (QED) is 0.920. The zero-order chi connectivity index (χ0) is 13.9. The summed E-state index contributed by atoms with van der Waals surface area (Å²) in [6, 6.07) is 2.76. The van der Waals surface area contributed by atoms with Gasteiger partial charge < -0.3 is 5.32 Å². The first-order chi connectivity index (χ1) is 9.83. The number of nitrogens with zero attached hydrogens (tertiary/aromatic N) is 3. The Morgan fingerprint density at radius 2 is 2.45 bits per heavy atom. The van der Waals surface area contributed by atoms with E-state index in [1.165, 1.54) is 19.3 Å². The highest BCUT2D eigenvalue weighted by Crippen LogP contribution is 2.37. The first-order valence-electron chi connectivity index (χ1n) is 7.43. The lowest BCUT2D eigenvalue weighted by Gasteiger charge is -2.30. The van der Waals surface area contributed by atoms with Crippen LogP contribution < -0.4 is 5.32 Å². The summed E-state index contributed by atoms with van der Waals surface area (Å²) in [7, 11) is 2.07. The maximum atomic E-state index is 4.43. The van der Waals surface area contributed by atoms with Crippen LogP contribution in [-0.2, 0) is 19.4 Å². The second-order valence-corrected chi connectivity index (χ2v) is 6.39. The second kappa shape index (κ2) is 6.06. The maximum Gasteiger partial charge on any atom is 0.138 e. The van der Waals surface area contributed by atoms with Crippen LogP contribution in [0.25, 0.3) is 0 Å². The zero-order valence-corrected chi connectivity index (χ0v) is 13.0. The molecule has 0 saturated carbocycles. The van der Waals surface area contributed by atoms with Gasteiger partial charge in [0.25, 0.3) is 0 Å². The number of nitrogens with one attached hydrogen (secondary N) is 1. The van der Waals surface area contributed by atoms with Crippen molar-refractivity contribution in [1.29, 1.82) is 0 Å². The number of aromatic nitrogens is 3. The van der Waals surface area contributed by atoms with Gasteiger partial charge in [-0.15, -0.1) is 11.3 Å². The third kappa shape index (κ3) is 2.52. The van der Waals surface area contributed by atoms with Crippen molar-refractivity contribution in [3.8, 4) is 0 Å². The molecule has 2 unspecified atom stereocenters. The Morgan fingerprint density at radius 1 is 1.55 bits per heavy atom. The minimum Gasteiger partial charge on any atom is -0.316 e. The average Bonchev–Trinajstić information content (AvgIpc) is 3.12. The Labute approximate surface area is 124 Å². The van der Waals surface area contributed by atoms with Gasteiger partial charge in [0.1, 0.15) is 12.2 Å². The Morgan fingerprint density at radius 3 is 3.25 bits per heavy atom. The number of aryl methyl sites for hydroxylation is 2. The largest absolute Gasteiger partial charge is 0.316 e. The Bertz CT molecular complexity index is 560. The zero-order valence-electron chi connectivity index (χ0n) is 12.2. The molecule has 5 heteroatoms. The van der Waals surface area contributed by atoms with Gasteiger partial charge in [0.15, 0.2) is 0 Å². The summed E-state index contributed by atoms with van der Waals surface area (Å²) in [6.45, 7) is 3.00. The van der Waals surface area contributed by atoms with Gasteiger partial charge in [-0.2, -0.15) is 5.10 Å². The van der Waals surface area contributed by atoms with Gasteiger partial charge in [-0.05, 0) is 50.2 Å². The van der Waals surface area contributed by atoms with E-state index in [4.69, 9.17) is 0 Å². The molecule has 2 aromatic rings. The predicted molar refractivity (Wildman–Crippen MR) is 82.2 cm³/mol. The molecule has 108 valence electrons. The topological polar surface area (TPSA) is 42.7 Å². The van der Waals surface area contributed by atoms with Crippen molar-refractivity contribution in [3.63, 3.8) is 0 Å². The minimum atomic E-state index is 0.443. The third-order valence-electron chi connectivity index (χ3n) is 4.35. The summed E-state index contributed by atoms with van der Waals surface area (Å²) in [5.41, 5.74) is 1.56. The lowest BCUT2D eigenvalue weighted by atomic mass is 9.81. The molecule has 2 atom stereocenters. The first-order valence-corrected chi connectivity index (χ1v) is 8.31. The van der Waals surface area contributed by atoms with E-state index in [9.17, 15) is 0 Å². The van der Waals surface area contributed by atoms with Crippen molar-refractivity contribution < 1.29 is 0 Å². The van der Waals surface area contributed by atoms with Crippen LogP contribution in [0.1, 0.15) is 41.9 Å². The molecule has 0 amide bonds. The molecule has 0 aliphatic heterocycles. The van der Waals surface area contributed by atoms with Crippen molar-refractivity contribution in [2.75, 3.05) is 7.05 Å². The van der Waals surface area contributed by atoms with Gasteiger partial charge in [0, 0.05) is 29.8 Å². The summed E-state index contributed by atoms with van der Waals surface area (Å²) >= 11 is 1.91. The highest BCUT2D eigenvalue weighted by atomic mass is 32.1. The van der Waals surface area contributed by atoms with Gasteiger partial charge in [-0.3, -0.25) is 4.68 Å². The van der Waals surface area contributed by atoms with E-state index in [0.717, 1.165) is 18.8 Å². The van der Waals surface area contributed by atoms with Crippen molar-refractivity contribution in [3.05, 3.63) is 34.0 Å². The number of thiophene rings is 1. The molecule has 0 spiro atoms. The van der Waals surface area contributed by atoms with Crippen molar-refractivity contribution in [2.45, 2.75) is 51.1 Å². The summed E-state index contributed by atoms with van der Waals surface area (Å²) in [5, 5.41) is 10.0. The molecule has 3 rings (SSSR count). The van der Waals surface area contributed by atoms with Gasteiger partial charge in [0.05, 0.1) is 0 Å². The summed E-state index contributed by atoms with van der Waals surface area (Å²) in [4.78, 5) is 6.01. The molecule has 1 aliphatic carbocycles. The molecular weight excluding hydrogens is 268 g/mol. The summed E-state index contributed by atoms with van der Waals surface area (Å²) in [5.74, 6) is 1.70. The standard InChI is InChI=1S/C15H22N4S/c1-3-19-15(17-10-18-19)9-13(16-2)11-5-4-6-14-12(11)7-8-20-14/h7-8,10-11,13,16H,3-6,9H2,1-2H3. The number of rotatable bonds is 5. The number of likely N-dealkylation sites (N-methyl/N-ethyl adjacent to an activating group) is 1. The van der Waals surface area contributed by atoms with Crippen LogP contribution in [0.4, 0.5) is 0 Å². The molecule has 0 saturated heterocycles.